The number of aromatic nitrogens is 2. The molecule has 1 amide bonds. The maximum absolute atomic E-state index is 11.9. The van der Waals surface area contributed by atoms with E-state index in [-0.39, 0.29) is 5.91 Å². The van der Waals surface area contributed by atoms with E-state index >= 15 is 0 Å². The third-order valence-corrected chi connectivity index (χ3v) is 4.94. The summed E-state index contributed by atoms with van der Waals surface area (Å²) in [6, 6.07) is 8.29. The molecular formula is C15H19N3OS2. The van der Waals surface area contributed by atoms with Crippen molar-refractivity contribution in [2.24, 2.45) is 5.41 Å². The molecule has 1 heterocycles. The minimum absolute atomic E-state index is 0.0471. The molecule has 1 aromatic heterocycles. The van der Waals surface area contributed by atoms with Gasteiger partial charge in [-0.15, -0.1) is 10.2 Å². The van der Waals surface area contributed by atoms with Crippen molar-refractivity contribution in [1.82, 2.24) is 10.2 Å². The fourth-order valence-electron chi connectivity index (χ4n) is 1.51. The van der Waals surface area contributed by atoms with Crippen LogP contribution in [-0.4, -0.2) is 16.1 Å². The van der Waals surface area contributed by atoms with E-state index in [9.17, 15) is 4.79 Å². The van der Waals surface area contributed by atoms with E-state index in [0.29, 0.717) is 5.13 Å². The third kappa shape index (κ3) is 4.54. The van der Waals surface area contributed by atoms with Crippen molar-refractivity contribution in [3.8, 4) is 0 Å². The lowest BCUT2D eigenvalue weighted by molar-refractivity contribution is -0.123. The van der Waals surface area contributed by atoms with Crippen molar-refractivity contribution in [1.29, 1.82) is 0 Å². The zero-order valence-electron chi connectivity index (χ0n) is 12.6. The van der Waals surface area contributed by atoms with Gasteiger partial charge in [-0.2, -0.15) is 0 Å². The first-order valence-corrected chi connectivity index (χ1v) is 8.49. The molecule has 0 saturated heterocycles. The highest BCUT2D eigenvalue weighted by Gasteiger charge is 2.22. The smallest absolute Gasteiger partial charge is 0.231 e. The first-order chi connectivity index (χ1) is 9.86. The number of carbonyl (C=O) groups is 1. The number of thioether (sulfide) groups is 1. The number of hydrogen-bond donors (Lipinski definition) is 1. The summed E-state index contributed by atoms with van der Waals surface area (Å²) >= 11 is 3.05. The summed E-state index contributed by atoms with van der Waals surface area (Å²) in [5.74, 6) is 0.809. The molecule has 0 fully saturated rings. The van der Waals surface area contributed by atoms with E-state index in [1.807, 2.05) is 32.9 Å². The third-order valence-electron chi connectivity index (χ3n) is 2.92. The zero-order valence-corrected chi connectivity index (χ0v) is 14.3. The molecule has 1 N–H and O–H groups in total. The molecule has 0 aliphatic carbocycles. The second kappa shape index (κ2) is 6.58. The molecule has 1 aromatic carbocycles. The quantitative estimate of drug-likeness (QED) is 0.680. The Labute approximate surface area is 133 Å². The number of carbonyl (C=O) groups excluding carboxylic acids is 1. The standard InChI is InChI=1S/C15H19N3OS2/c1-10-7-5-6-8-11(10)9-20-14-18-17-13(21-14)16-12(19)15(2,3)4/h5-8H,9H2,1-4H3,(H,16,17,19). The van der Waals surface area contributed by atoms with Gasteiger partial charge in [0.1, 0.15) is 0 Å². The molecule has 0 spiro atoms. The second-order valence-corrected chi connectivity index (χ2v) is 7.99. The summed E-state index contributed by atoms with van der Waals surface area (Å²) in [4.78, 5) is 11.9. The topological polar surface area (TPSA) is 54.9 Å². The van der Waals surface area contributed by atoms with Gasteiger partial charge >= 0.3 is 0 Å². The van der Waals surface area contributed by atoms with E-state index < -0.39 is 5.41 Å². The lowest BCUT2D eigenvalue weighted by atomic mass is 9.96. The van der Waals surface area contributed by atoms with Crippen LogP contribution in [0.1, 0.15) is 31.9 Å². The average molecular weight is 321 g/mol. The maximum atomic E-state index is 11.9. The molecule has 0 unspecified atom stereocenters. The summed E-state index contributed by atoms with van der Waals surface area (Å²) in [7, 11) is 0. The van der Waals surface area contributed by atoms with Crippen LogP contribution < -0.4 is 5.32 Å². The monoisotopic (exact) mass is 321 g/mol. The van der Waals surface area contributed by atoms with Gasteiger partial charge < -0.3 is 5.32 Å². The van der Waals surface area contributed by atoms with Crippen LogP contribution in [0.15, 0.2) is 28.6 Å². The Morgan fingerprint density at radius 3 is 2.67 bits per heavy atom. The molecule has 0 saturated carbocycles. The Morgan fingerprint density at radius 2 is 2.00 bits per heavy atom. The van der Waals surface area contributed by atoms with Crippen LogP contribution in [-0.2, 0) is 10.5 Å². The minimum atomic E-state index is -0.430. The molecule has 2 rings (SSSR count). The van der Waals surface area contributed by atoms with Crippen LogP contribution in [0, 0.1) is 12.3 Å². The Morgan fingerprint density at radius 1 is 1.29 bits per heavy atom. The zero-order chi connectivity index (χ0) is 15.5. The molecule has 4 nitrogen and oxygen atoms in total. The fraction of sp³-hybridized carbons (Fsp3) is 0.400. The Balaban J connectivity index is 1.95. The summed E-state index contributed by atoms with van der Waals surface area (Å²) < 4.78 is 0.863. The lowest BCUT2D eigenvalue weighted by Gasteiger charge is -2.15. The van der Waals surface area contributed by atoms with Gasteiger partial charge in [-0.05, 0) is 18.1 Å². The molecule has 0 atom stereocenters. The molecule has 0 bridgehead atoms. The molecule has 112 valence electrons. The van der Waals surface area contributed by atoms with Gasteiger partial charge in [-0.3, -0.25) is 4.79 Å². The number of rotatable bonds is 4. The van der Waals surface area contributed by atoms with Gasteiger partial charge in [0.25, 0.3) is 0 Å². The highest BCUT2D eigenvalue weighted by molar-refractivity contribution is 8.00. The predicted molar refractivity (Wildman–Crippen MR) is 88.7 cm³/mol. The molecule has 0 radical (unpaired) electrons. The largest absolute Gasteiger partial charge is 0.300 e. The van der Waals surface area contributed by atoms with Crippen LogP contribution in [0.25, 0.3) is 0 Å². The van der Waals surface area contributed by atoms with Gasteiger partial charge in [-0.1, -0.05) is 68.1 Å². The van der Waals surface area contributed by atoms with E-state index in [2.05, 4.69) is 34.6 Å². The summed E-state index contributed by atoms with van der Waals surface area (Å²) in [6.07, 6.45) is 0. The molecular weight excluding hydrogens is 302 g/mol. The van der Waals surface area contributed by atoms with Crippen molar-refractivity contribution < 1.29 is 4.79 Å². The van der Waals surface area contributed by atoms with Crippen LogP contribution in [0.2, 0.25) is 0 Å². The Kier molecular flexibility index (Phi) is 5.00. The van der Waals surface area contributed by atoms with Crippen molar-refractivity contribution >= 4 is 34.1 Å². The first-order valence-electron chi connectivity index (χ1n) is 6.68. The van der Waals surface area contributed by atoms with Gasteiger partial charge in [0.05, 0.1) is 0 Å². The molecule has 6 heteroatoms. The summed E-state index contributed by atoms with van der Waals surface area (Å²) in [5, 5.41) is 11.5. The lowest BCUT2D eigenvalue weighted by Crippen LogP contribution is -2.27. The number of nitrogens with zero attached hydrogens (tertiary/aromatic N) is 2. The molecule has 21 heavy (non-hydrogen) atoms. The van der Waals surface area contributed by atoms with Crippen LogP contribution >= 0.6 is 23.1 Å². The van der Waals surface area contributed by atoms with Crippen LogP contribution in [0.3, 0.4) is 0 Å². The summed E-state index contributed by atoms with van der Waals surface area (Å²) in [6.45, 7) is 7.72. The Bertz CT molecular complexity index is 632. The van der Waals surface area contributed by atoms with Crippen LogP contribution in [0.4, 0.5) is 5.13 Å². The van der Waals surface area contributed by atoms with Crippen molar-refractivity contribution in [2.45, 2.75) is 37.8 Å². The molecule has 0 aliphatic heterocycles. The molecule has 2 aromatic rings. The number of aryl methyl sites for hydroxylation is 1. The van der Waals surface area contributed by atoms with Gasteiger partial charge in [-0.25, -0.2) is 0 Å². The van der Waals surface area contributed by atoms with Crippen molar-refractivity contribution in [3.05, 3.63) is 35.4 Å². The van der Waals surface area contributed by atoms with Gasteiger partial charge in [0.15, 0.2) is 4.34 Å². The van der Waals surface area contributed by atoms with E-state index in [1.54, 1.807) is 11.8 Å². The number of amides is 1. The predicted octanol–water partition coefficient (Wildman–Crippen LogP) is 4.12. The highest BCUT2D eigenvalue weighted by Crippen LogP contribution is 2.29. The second-order valence-electron chi connectivity index (χ2n) is 5.79. The SMILES string of the molecule is Cc1ccccc1CSc1nnc(NC(=O)C(C)(C)C)s1. The van der Waals surface area contributed by atoms with Gasteiger partial charge in [0, 0.05) is 11.2 Å². The highest BCUT2D eigenvalue weighted by atomic mass is 32.2. The number of nitrogens with one attached hydrogen (secondary N) is 1. The molecule has 0 aliphatic rings. The van der Waals surface area contributed by atoms with Crippen LogP contribution in [0.5, 0.6) is 0 Å². The van der Waals surface area contributed by atoms with E-state index in [0.717, 1.165) is 10.1 Å². The number of benzene rings is 1. The van der Waals surface area contributed by atoms with Gasteiger partial charge in [0.2, 0.25) is 11.0 Å². The fourth-order valence-corrected chi connectivity index (χ4v) is 3.34. The van der Waals surface area contributed by atoms with Crippen molar-refractivity contribution in [2.75, 3.05) is 5.32 Å². The first kappa shape index (κ1) is 16.0. The number of hydrogen-bond acceptors (Lipinski definition) is 5. The van der Waals surface area contributed by atoms with E-state index in [4.69, 9.17) is 0 Å². The number of anilines is 1. The van der Waals surface area contributed by atoms with E-state index in [1.165, 1.54) is 22.5 Å². The Hall–Kier alpha value is -1.40. The minimum Gasteiger partial charge on any atom is -0.300 e. The summed E-state index contributed by atoms with van der Waals surface area (Å²) in [5.41, 5.74) is 2.13. The van der Waals surface area contributed by atoms with Crippen molar-refractivity contribution in [3.63, 3.8) is 0 Å². The normalized spacial score (nSPS) is 11.4. The maximum Gasteiger partial charge on any atom is 0.231 e. The average Bonchev–Trinajstić information content (AvgIpc) is 2.84.